The van der Waals surface area contributed by atoms with Crippen LogP contribution in [-0.2, 0) is 20.4 Å². The second-order valence-electron chi connectivity index (χ2n) is 7.36. The van der Waals surface area contributed by atoms with Crippen LogP contribution in [-0.4, -0.2) is 67.3 Å². The van der Waals surface area contributed by atoms with Crippen molar-refractivity contribution < 1.29 is 27.8 Å². The minimum absolute atomic E-state index is 0.0370. The molecule has 0 bridgehead atoms. The molecule has 8 nitrogen and oxygen atoms in total. The Morgan fingerprint density at radius 3 is 2.69 bits per heavy atom. The highest BCUT2D eigenvalue weighted by Crippen LogP contribution is 2.33. The van der Waals surface area contributed by atoms with Crippen LogP contribution < -0.4 is 5.32 Å². The molecule has 1 aliphatic carbocycles. The van der Waals surface area contributed by atoms with E-state index in [4.69, 9.17) is 21.5 Å². The summed E-state index contributed by atoms with van der Waals surface area (Å²) in [4.78, 5) is 14.0. The molecule has 0 radical (unpaired) electrons. The zero-order chi connectivity index (χ0) is 23.7. The molecule has 1 aliphatic rings. The largest absolute Gasteiger partial charge is 0.483 e. The van der Waals surface area contributed by atoms with Crippen LogP contribution in [0.1, 0.15) is 30.7 Å². The molecular formula is C20H27ClFN3O5S2. The van der Waals surface area contributed by atoms with Gasteiger partial charge in [0.25, 0.3) is 6.47 Å². The van der Waals surface area contributed by atoms with Crippen LogP contribution in [0, 0.1) is 5.82 Å². The average Bonchev–Trinajstić information content (AvgIpc) is 3.24. The Kier molecular flexibility index (Phi) is 10.3. The number of nitrogens with one attached hydrogen (secondary N) is 1. The second kappa shape index (κ2) is 12.4. The molecule has 3 rings (SSSR count). The molecule has 2 atom stereocenters. The standard InChI is InChI=1S/C19H25ClFN3O3S2.CH2O2/c1-24(7-8-25)17-5-3-2-4-15(17)23-16-11-14(21)18(10-13(16)20)29(26,27)12-19-22-6-9-28-19;2-1-3/h6,9-11,15,17,23,25H,2-5,7-8,12H2,1H3;1H,(H,2,3)/t15-,17-;/m0./s1. The number of aromatic nitrogens is 1. The average molecular weight is 508 g/mol. The van der Waals surface area contributed by atoms with Gasteiger partial charge in [-0.2, -0.15) is 0 Å². The van der Waals surface area contributed by atoms with Gasteiger partial charge in [0.05, 0.1) is 17.3 Å². The van der Waals surface area contributed by atoms with Gasteiger partial charge in [0.15, 0.2) is 9.84 Å². The molecule has 0 unspecified atom stereocenters. The maximum atomic E-state index is 14.7. The highest BCUT2D eigenvalue weighted by atomic mass is 35.5. The third kappa shape index (κ3) is 7.11. The molecule has 2 aromatic rings. The fourth-order valence-corrected chi connectivity index (χ4v) is 6.40. The Hall–Kier alpha value is -1.79. The van der Waals surface area contributed by atoms with Crippen LogP contribution in [0.15, 0.2) is 28.6 Å². The summed E-state index contributed by atoms with van der Waals surface area (Å²) < 4.78 is 40.0. The van der Waals surface area contributed by atoms with E-state index in [1.807, 2.05) is 7.05 Å². The molecule has 32 heavy (non-hydrogen) atoms. The fraction of sp³-hybridized carbons (Fsp3) is 0.500. The topological polar surface area (TPSA) is 120 Å². The van der Waals surface area contributed by atoms with Crippen molar-refractivity contribution in [1.82, 2.24) is 9.88 Å². The number of halogens is 2. The number of likely N-dealkylation sites (N-methyl/N-ethyl adjacent to an activating group) is 1. The van der Waals surface area contributed by atoms with Crippen molar-refractivity contribution in [3.8, 4) is 0 Å². The number of carboxylic acid groups (broad SMARTS) is 1. The second-order valence-corrected chi connectivity index (χ2v) is 10.7. The molecule has 1 saturated carbocycles. The highest BCUT2D eigenvalue weighted by Gasteiger charge is 2.29. The number of aliphatic hydroxyl groups is 1. The van der Waals surface area contributed by atoms with Gasteiger partial charge >= 0.3 is 0 Å². The summed E-state index contributed by atoms with van der Waals surface area (Å²) in [6, 6.07) is 2.56. The van der Waals surface area contributed by atoms with E-state index >= 15 is 0 Å². The smallest absolute Gasteiger partial charge is 0.290 e. The van der Waals surface area contributed by atoms with E-state index < -0.39 is 20.5 Å². The molecule has 1 aromatic heterocycles. The first-order chi connectivity index (χ1) is 15.2. The number of thiazole rings is 1. The fourth-order valence-electron chi connectivity index (χ4n) is 3.77. The quantitative estimate of drug-likeness (QED) is 0.466. The van der Waals surface area contributed by atoms with E-state index in [0.29, 0.717) is 17.2 Å². The van der Waals surface area contributed by atoms with Gasteiger partial charge in [-0.3, -0.25) is 9.69 Å². The predicted molar refractivity (Wildman–Crippen MR) is 122 cm³/mol. The minimum Gasteiger partial charge on any atom is -0.483 e. The first-order valence-electron chi connectivity index (χ1n) is 9.99. The third-order valence-corrected chi connectivity index (χ3v) is 8.15. The van der Waals surface area contributed by atoms with Crippen LogP contribution in [0.4, 0.5) is 10.1 Å². The van der Waals surface area contributed by atoms with Gasteiger partial charge in [-0.1, -0.05) is 24.4 Å². The van der Waals surface area contributed by atoms with E-state index in [-0.39, 0.29) is 35.9 Å². The van der Waals surface area contributed by atoms with Crippen molar-refractivity contribution in [2.24, 2.45) is 0 Å². The summed E-state index contributed by atoms with van der Waals surface area (Å²) >= 11 is 7.54. The molecule has 1 fully saturated rings. The lowest BCUT2D eigenvalue weighted by Crippen LogP contribution is -2.48. The number of nitrogens with zero attached hydrogens (tertiary/aromatic N) is 2. The zero-order valence-electron chi connectivity index (χ0n) is 17.6. The molecule has 3 N–H and O–H groups in total. The van der Waals surface area contributed by atoms with Crippen molar-refractivity contribution in [3.05, 3.63) is 39.6 Å². The van der Waals surface area contributed by atoms with Gasteiger partial charge in [0, 0.05) is 30.2 Å². The van der Waals surface area contributed by atoms with Gasteiger partial charge in [0.2, 0.25) is 0 Å². The lowest BCUT2D eigenvalue weighted by molar-refractivity contribution is -0.122. The van der Waals surface area contributed by atoms with Gasteiger partial charge in [-0.05, 0) is 32.0 Å². The first kappa shape index (κ1) is 26.5. The molecule has 0 spiro atoms. The molecule has 12 heteroatoms. The van der Waals surface area contributed by atoms with E-state index in [1.54, 1.807) is 5.38 Å². The van der Waals surface area contributed by atoms with Crippen molar-refractivity contribution >= 4 is 44.9 Å². The number of hydrogen-bond acceptors (Lipinski definition) is 8. The van der Waals surface area contributed by atoms with Gasteiger partial charge in [-0.25, -0.2) is 17.8 Å². The molecule has 1 aromatic carbocycles. The maximum Gasteiger partial charge on any atom is 0.290 e. The number of sulfone groups is 1. The maximum absolute atomic E-state index is 14.7. The van der Waals surface area contributed by atoms with Crippen molar-refractivity contribution in [2.75, 3.05) is 25.5 Å². The van der Waals surface area contributed by atoms with Gasteiger partial charge in [-0.15, -0.1) is 11.3 Å². The third-order valence-electron chi connectivity index (χ3n) is 5.24. The molecular weight excluding hydrogens is 481 g/mol. The minimum atomic E-state index is -3.89. The van der Waals surface area contributed by atoms with Crippen LogP contribution in [0.5, 0.6) is 0 Å². The van der Waals surface area contributed by atoms with E-state index in [9.17, 15) is 17.9 Å². The summed E-state index contributed by atoms with van der Waals surface area (Å²) in [5.74, 6) is -1.19. The van der Waals surface area contributed by atoms with Crippen LogP contribution in [0.2, 0.25) is 5.02 Å². The number of aliphatic hydroxyl groups excluding tert-OH is 1. The Labute approximate surface area is 196 Å². The Morgan fingerprint density at radius 1 is 1.38 bits per heavy atom. The summed E-state index contributed by atoms with van der Waals surface area (Å²) in [7, 11) is -1.94. The summed E-state index contributed by atoms with van der Waals surface area (Å²) in [6.45, 7) is 0.375. The Bertz CT molecular complexity index is 976. The van der Waals surface area contributed by atoms with Crippen LogP contribution in [0.25, 0.3) is 0 Å². The van der Waals surface area contributed by atoms with Crippen LogP contribution >= 0.6 is 22.9 Å². The number of rotatable bonds is 8. The molecule has 0 saturated heterocycles. The number of anilines is 1. The highest BCUT2D eigenvalue weighted by molar-refractivity contribution is 7.90. The van der Waals surface area contributed by atoms with E-state index in [2.05, 4.69) is 15.2 Å². The molecule has 0 amide bonds. The van der Waals surface area contributed by atoms with Crippen molar-refractivity contribution in [1.29, 1.82) is 0 Å². The lowest BCUT2D eigenvalue weighted by Gasteiger charge is -2.38. The summed E-state index contributed by atoms with van der Waals surface area (Å²) in [5.41, 5.74) is 0.381. The van der Waals surface area contributed by atoms with Crippen molar-refractivity contribution in [2.45, 2.75) is 48.4 Å². The SMILES string of the molecule is CN(CCO)[C@H]1CCCC[C@@H]1Nc1cc(F)c(S(=O)(=O)Cc2nccs2)cc1Cl.O=CO. The van der Waals surface area contributed by atoms with E-state index in [0.717, 1.165) is 31.7 Å². The lowest BCUT2D eigenvalue weighted by atomic mass is 9.89. The summed E-state index contributed by atoms with van der Waals surface area (Å²) in [6.07, 6.45) is 5.51. The number of carbonyl (C=O) groups is 1. The van der Waals surface area contributed by atoms with Crippen molar-refractivity contribution in [3.63, 3.8) is 0 Å². The zero-order valence-corrected chi connectivity index (χ0v) is 20.0. The van der Waals surface area contributed by atoms with E-state index in [1.165, 1.54) is 23.6 Å². The van der Waals surface area contributed by atoms with Crippen LogP contribution in [0.3, 0.4) is 0 Å². The Balaban J connectivity index is 0.00000114. The number of hydrogen-bond donors (Lipinski definition) is 3. The molecule has 1 heterocycles. The monoisotopic (exact) mass is 507 g/mol. The van der Waals surface area contributed by atoms with Gasteiger partial charge in [0.1, 0.15) is 21.5 Å². The normalized spacial score (nSPS) is 18.7. The first-order valence-corrected chi connectivity index (χ1v) is 12.9. The summed E-state index contributed by atoms with van der Waals surface area (Å²) in [5, 5.41) is 21.7. The molecule has 0 aliphatic heterocycles. The predicted octanol–water partition coefficient (Wildman–Crippen LogP) is 3.26. The molecule has 178 valence electrons. The Morgan fingerprint density at radius 2 is 2.06 bits per heavy atom. The number of benzene rings is 1. The van der Waals surface area contributed by atoms with Gasteiger partial charge < -0.3 is 15.5 Å².